The predicted octanol–water partition coefficient (Wildman–Crippen LogP) is 4.01. The lowest BCUT2D eigenvalue weighted by Crippen LogP contribution is -2.20. The number of carbonyl (C=O) groups is 1. The van der Waals surface area contributed by atoms with Crippen LogP contribution in [-0.2, 0) is 11.2 Å². The first-order valence-corrected chi connectivity index (χ1v) is 8.56. The second-order valence-electron chi connectivity index (χ2n) is 5.78. The highest BCUT2D eigenvalue weighted by atomic mass is 16.5. The molecule has 5 heteroatoms. The summed E-state index contributed by atoms with van der Waals surface area (Å²) >= 11 is 0. The first-order chi connectivity index (χ1) is 13.1. The average Bonchev–Trinajstić information content (AvgIpc) is 2.70. The Bertz CT molecular complexity index is 840. The van der Waals surface area contributed by atoms with Gasteiger partial charge in [0.05, 0.1) is 26.4 Å². The number of nitrogens with one attached hydrogen (secondary N) is 1. The van der Waals surface area contributed by atoms with E-state index in [9.17, 15) is 4.79 Å². The lowest BCUT2D eigenvalue weighted by atomic mass is 10.1. The molecule has 0 heterocycles. The quantitative estimate of drug-likeness (QED) is 0.437. The van der Waals surface area contributed by atoms with Gasteiger partial charge < -0.3 is 9.47 Å². The Kier molecular flexibility index (Phi) is 7.85. The third-order valence-electron chi connectivity index (χ3n) is 3.71. The highest BCUT2D eigenvalue weighted by Gasteiger charge is 2.07. The Labute approximate surface area is 160 Å². The largest absolute Gasteiger partial charge is 0.493 e. The molecule has 0 radical (unpaired) electrons. The first-order valence-electron chi connectivity index (χ1n) is 8.56. The number of amides is 1. The fourth-order valence-corrected chi connectivity index (χ4v) is 2.33. The van der Waals surface area contributed by atoms with Crippen molar-refractivity contribution in [3.63, 3.8) is 0 Å². The number of hydrogen-bond donors (Lipinski definition) is 1. The maximum absolute atomic E-state index is 12.1. The maximum atomic E-state index is 12.1. The summed E-state index contributed by atoms with van der Waals surface area (Å²) in [5.74, 6) is 1.02. The van der Waals surface area contributed by atoms with Gasteiger partial charge in [0.1, 0.15) is 0 Å². The number of ether oxygens (including phenoxy) is 2. The van der Waals surface area contributed by atoms with Crippen LogP contribution in [0.4, 0.5) is 0 Å². The van der Waals surface area contributed by atoms with Crippen LogP contribution in [0.1, 0.15) is 18.1 Å². The summed E-state index contributed by atoms with van der Waals surface area (Å²) in [7, 11) is 3.14. The molecule has 5 nitrogen and oxygen atoms in total. The molecule has 2 aromatic rings. The predicted molar refractivity (Wildman–Crippen MR) is 109 cm³/mol. The summed E-state index contributed by atoms with van der Waals surface area (Å²) in [6, 6.07) is 15.4. The van der Waals surface area contributed by atoms with Gasteiger partial charge in [-0.05, 0) is 36.3 Å². The number of benzene rings is 2. The second-order valence-corrected chi connectivity index (χ2v) is 5.78. The van der Waals surface area contributed by atoms with Crippen LogP contribution in [0.2, 0.25) is 0 Å². The zero-order chi connectivity index (χ0) is 19.5. The van der Waals surface area contributed by atoms with Crippen molar-refractivity contribution in [1.82, 2.24) is 5.43 Å². The molecule has 0 aromatic heterocycles. The summed E-state index contributed by atoms with van der Waals surface area (Å²) in [6.07, 6.45) is 7.84. The van der Waals surface area contributed by atoms with Gasteiger partial charge in [0.15, 0.2) is 11.5 Å². The molecule has 0 spiro atoms. The molecule has 1 N–H and O–H groups in total. The molecule has 2 aromatic carbocycles. The molecule has 0 saturated carbocycles. The normalized spacial score (nSPS) is 11.7. The SMILES string of the molecule is COc1ccc(CC(=O)NN=C(C)C=CC=Cc2ccccc2)cc1OC. The monoisotopic (exact) mass is 364 g/mol. The molecule has 0 bridgehead atoms. The summed E-state index contributed by atoms with van der Waals surface area (Å²) in [4.78, 5) is 12.1. The van der Waals surface area contributed by atoms with Gasteiger partial charge in [0.2, 0.25) is 5.91 Å². The summed E-state index contributed by atoms with van der Waals surface area (Å²) in [6.45, 7) is 1.82. The van der Waals surface area contributed by atoms with Gasteiger partial charge in [0, 0.05) is 0 Å². The minimum absolute atomic E-state index is 0.199. The number of hydrazone groups is 1. The second kappa shape index (κ2) is 10.6. The van der Waals surface area contributed by atoms with E-state index in [-0.39, 0.29) is 12.3 Å². The molecule has 0 fully saturated rings. The number of methoxy groups -OCH3 is 2. The number of hydrogen-bond acceptors (Lipinski definition) is 4. The Morgan fingerprint density at radius 3 is 2.48 bits per heavy atom. The third-order valence-corrected chi connectivity index (χ3v) is 3.71. The summed E-state index contributed by atoms with van der Waals surface area (Å²) < 4.78 is 10.4. The minimum atomic E-state index is -0.199. The van der Waals surface area contributed by atoms with Gasteiger partial charge in [-0.1, -0.05) is 54.6 Å². The number of nitrogens with zero attached hydrogens (tertiary/aromatic N) is 1. The van der Waals surface area contributed by atoms with Crippen molar-refractivity contribution in [2.24, 2.45) is 5.10 Å². The fraction of sp³-hybridized carbons (Fsp3) is 0.182. The smallest absolute Gasteiger partial charge is 0.244 e. The van der Waals surface area contributed by atoms with Gasteiger partial charge in [-0.25, -0.2) is 5.43 Å². The van der Waals surface area contributed by atoms with Gasteiger partial charge >= 0.3 is 0 Å². The van der Waals surface area contributed by atoms with Gasteiger partial charge in [0.25, 0.3) is 0 Å². The average molecular weight is 364 g/mol. The van der Waals surface area contributed by atoms with Crippen molar-refractivity contribution in [2.75, 3.05) is 14.2 Å². The van der Waals surface area contributed by atoms with Crippen LogP contribution in [0.25, 0.3) is 6.08 Å². The van der Waals surface area contributed by atoms with E-state index in [0.29, 0.717) is 17.2 Å². The lowest BCUT2D eigenvalue weighted by molar-refractivity contribution is -0.120. The van der Waals surface area contributed by atoms with E-state index >= 15 is 0 Å². The molecule has 140 valence electrons. The van der Waals surface area contributed by atoms with Crippen molar-refractivity contribution in [1.29, 1.82) is 0 Å². The van der Waals surface area contributed by atoms with Gasteiger partial charge in [-0.15, -0.1) is 0 Å². The molecular formula is C22H24N2O3. The molecule has 0 aliphatic heterocycles. The minimum Gasteiger partial charge on any atom is -0.493 e. The Hall–Kier alpha value is -3.34. The van der Waals surface area contributed by atoms with Gasteiger partial charge in [-0.3, -0.25) is 4.79 Å². The standard InChI is InChI=1S/C22H24N2O3/c1-17(9-7-8-12-18-10-5-4-6-11-18)23-24-22(25)16-19-13-14-20(26-2)21(15-19)27-3/h4-15H,16H2,1-3H3,(H,24,25). The molecule has 0 unspecified atom stereocenters. The van der Waals surface area contributed by atoms with Crippen LogP contribution in [0.5, 0.6) is 11.5 Å². The van der Waals surface area contributed by atoms with Crippen molar-refractivity contribution in [3.8, 4) is 11.5 Å². The summed E-state index contributed by atoms with van der Waals surface area (Å²) in [5.41, 5.74) is 5.20. The van der Waals surface area contributed by atoms with E-state index in [0.717, 1.165) is 11.1 Å². The van der Waals surface area contributed by atoms with Crippen LogP contribution < -0.4 is 14.9 Å². The van der Waals surface area contributed by atoms with Crippen LogP contribution >= 0.6 is 0 Å². The zero-order valence-corrected chi connectivity index (χ0v) is 15.8. The number of rotatable bonds is 8. The topological polar surface area (TPSA) is 59.9 Å². The molecule has 2 rings (SSSR count). The van der Waals surface area contributed by atoms with Crippen LogP contribution in [0, 0.1) is 0 Å². The van der Waals surface area contributed by atoms with E-state index in [1.807, 2.05) is 67.6 Å². The molecule has 0 atom stereocenters. The van der Waals surface area contributed by atoms with Crippen molar-refractivity contribution in [3.05, 3.63) is 77.9 Å². The molecular weight excluding hydrogens is 340 g/mol. The molecule has 0 saturated heterocycles. The van der Waals surface area contributed by atoms with Crippen molar-refractivity contribution < 1.29 is 14.3 Å². The summed E-state index contributed by atoms with van der Waals surface area (Å²) in [5, 5.41) is 4.08. The maximum Gasteiger partial charge on any atom is 0.244 e. The Morgan fingerprint density at radius 1 is 1.04 bits per heavy atom. The fourth-order valence-electron chi connectivity index (χ4n) is 2.33. The van der Waals surface area contributed by atoms with Gasteiger partial charge in [-0.2, -0.15) is 5.10 Å². The van der Waals surface area contributed by atoms with E-state index in [1.165, 1.54) is 0 Å². The Morgan fingerprint density at radius 2 is 1.78 bits per heavy atom. The van der Waals surface area contributed by atoms with Crippen LogP contribution in [-0.4, -0.2) is 25.8 Å². The van der Waals surface area contributed by atoms with Crippen LogP contribution in [0.3, 0.4) is 0 Å². The highest BCUT2D eigenvalue weighted by Crippen LogP contribution is 2.27. The van der Waals surface area contributed by atoms with Crippen LogP contribution in [0.15, 0.2) is 71.9 Å². The van der Waals surface area contributed by atoms with E-state index in [4.69, 9.17) is 9.47 Å². The molecule has 0 aliphatic carbocycles. The van der Waals surface area contributed by atoms with Crippen molar-refractivity contribution in [2.45, 2.75) is 13.3 Å². The van der Waals surface area contributed by atoms with E-state index in [2.05, 4.69) is 10.5 Å². The number of allylic oxidation sites excluding steroid dienone is 3. The van der Waals surface area contributed by atoms with Crippen molar-refractivity contribution >= 4 is 17.7 Å². The number of carbonyl (C=O) groups excluding carboxylic acids is 1. The first kappa shape index (κ1) is 20.0. The zero-order valence-electron chi connectivity index (χ0n) is 15.8. The molecule has 0 aliphatic rings. The highest BCUT2D eigenvalue weighted by molar-refractivity contribution is 5.94. The van der Waals surface area contributed by atoms with E-state index < -0.39 is 0 Å². The third kappa shape index (κ3) is 6.82. The van der Waals surface area contributed by atoms with E-state index in [1.54, 1.807) is 26.4 Å². The molecule has 1 amide bonds. The lowest BCUT2D eigenvalue weighted by Gasteiger charge is -2.09. The Balaban J connectivity index is 1.86. The molecule has 27 heavy (non-hydrogen) atoms.